The maximum absolute atomic E-state index is 12.6. The van der Waals surface area contributed by atoms with Crippen molar-refractivity contribution in [1.82, 2.24) is 19.6 Å². The molecule has 142 valence electrons. The number of hydrogen-bond donors (Lipinski definition) is 0. The summed E-state index contributed by atoms with van der Waals surface area (Å²) in [4.78, 5) is 16.9. The lowest BCUT2D eigenvalue weighted by molar-refractivity contribution is -0.133. The first-order valence-corrected chi connectivity index (χ1v) is 9.46. The van der Waals surface area contributed by atoms with Crippen LogP contribution in [0.4, 0.5) is 0 Å². The van der Waals surface area contributed by atoms with Crippen molar-refractivity contribution < 1.29 is 4.79 Å². The zero-order valence-electron chi connectivity index (χ0n) is 16.4. The maximum Gasteiger partial charge on any atom is 0.222 e. The number of hydrogen-bond acceptors (Lipinski definition) is 4. The van der Waals surface area contributed by atoms with Crippen LogP contribution in [-0.2, 0) is 24.8 Å². The van der Waals surface area contributed by atoms with E-state index in [2.05, 4.69) is 23.0 Å². The van der Waals surface area contributed by atoms with Gasteiger partial charge in [0.2, 0.25) is 5.91 Å². The molecule has 1 saturated heterocycles. The average Bonchev–Trinajstić information content (AvgIpc) is 2.92. The molecule has 1 aliphatic rings. The van der Waals surface area contributed by atoms with E-state index >= 15 is 0 Å². The molecule has 27 heavy (non-hydrogen) atoms. The highest BCUT2D eigenvalue weighted by atomic mass is 16.2. The summed E-state index contributed by atoms with van der Waals surface area (Å²) in [5.41, 5.74) is 5.26. The van der Waals surface area contributed by atoms with Gasteiger partial charge in [0.25, 0.3) is 0 Å². The van der Waals surface area contributed by atoms with Gasteiger partial charge in [0.1, 0.15) is 0 Å². The first-order valence-electron chi connectivity index (χ1n) is 9.46. The quantitative estimate of drug-likeness (QED) is 0.815. The van der Waals surface area contributed by atoms with E-state index in [1.807, 2.05) is 47.8 Å². The van der Waals surface area contributed by atoms with Crippen LogP contribution >= 0.6 is 0 Å². The summed E-state index contributed by atoms with van der Waals surface area (Å²) in [7, 11) is 1.95. The van der Waals surface area contributed by atoms with Crippen molar-refractivity contribution in [2.24, 2.45) is 7.05 Å². The molecular formula is C21H27N5O. The summed E-state index contributed by atoms with van der Waals surface area (Å²) in [5, 5.41) is 13.3. The molecule has 0 atom stereocenters. The first-order chi connectivity index (χ1) is 13.0. The summed E-state index contributed by atoms with van der Waals surface area (Å²) in [6.45, 7) is 8.26. The number of nitriles is 1. The van der Waals surface area contributed by atoms with E-state index in [1.54, 1.807) is 0 Å². The lowest BCUT2D eigenvalue weighted by Gasteiger charge is -2.34. The van der Waals surface area contributed by atoms with Crippen LogP contribution < -0.4 is 0 Å². The fourth-order valence-electron chi connectivity index (χ4n) is 3.67. The zero-order chi connectivity index (χ0) is 19.4. The molecule has 1 aromatic heterocycles. The van der Waals surface area contributed by atoms with Gasteiger partial charge in [0.15, 0.2) is 0 Å². The van der Waals surface area contributed by atoms with Crippen LogP contribution in [0.25, 0.3) is 0 Å². The molecule has 1 fully saturated rings. The van der Waals surface area contributed by atoms with E-state index in [-0.39, 0.29) is 5.91 Å². The fraction of sp³-hybridized carbons (Fsp3) is 0.476. The number of aryl methyl sites for hydroxylation is 2. The van der Waals surface area contributed by atoms with E-state index in [1.165, 1.54) is 11.1 Å². The van der Waals surface area contributed by atoms with Gasteiger partial charge in [0, 0.05) is 51.9 Å². The number of aromatic nitrogens is 2. The predicted molar refractivity (Wildman–Crippen MR) is 104 cm³/mol. The SMILES string of the molecule is Cc1nn(C)c(C)c1CCC(=O)N1CCN(Cc2ccc(C#N)cc2)CC1. The van der Waals surface area contributed by atoms with Crippen molar-refractivity contribution in [1.29, 1.82) is 5.26 Å². The smallest absolute Gasteiger partial charge is 0.222 e. The summed E-state index contributed by atoms with van der Waals surface area (Å²) in [6, 6.07) is 9.88. The highest BCUT2D eigenvalue weighted by Crippen LogP contribution is 2.16. The minimum Gasteiger partial charge on any atom is -0.340 e. The molecule has 0 radical (unpaired) electrons. The standard InChI is InChI=1S/C21H27N5O/c1-16-20(17(2)24(3)23-16)8-9-21(27)26-12-10-25(11-13-26)15-19-6-4-18(14-22)5-7-19/h4-7H,8-13,15H2,1-3H3. The molecule has 0 aliphatic carbocycles. The van der Waals surface area contributed by atoms with Gasteiger partial charge in [-0.25, -0.2) is 0 Å². The fourth-order valence-corrected chi connectivity index (χ4v) is 3.67. The molecule has 2 aromatic rings. The number of carbonyl (C=O) groups is 1. The Morgan fingerprint density at radius 2 is 1.81 bits per heavy atom. The number of piperazine rings is 1. The van der Waals surface area contributed by atoms with Crippen molar-refractivity contribution in [2.75, 3.05) is 26.2 Å². The Morgan fingerprint density at radius 3 is 2.37 bits per heavy atom. The average molecular weight is 365 g/mol. The molecule has 6 nitrogen and oxygen atoms in total. The van der Waals surface area contributed by atoms with Crippen molar-refractivity contribution in [3.8, 4) is 6.07 Å². The van der Waals surface area contributed by atoms with Crippen LogP contribution in [0.5, 0.6) is 0 Å². The second-order valence-electron chi connectivity index (χ2n) is 7.24. The number of nitrogens with zero attached hydrogens (tertiary/aromatic N) is 5. The molecule has 6 heteroatoms. The van der Waals surface area contributed by atoms with Crippen molar-refractivity contribution in [3.05, 3.63) is 52.3 Å². The van der Waals surface area contributed by atoms with Crippen LogP contribution in [0.1, 0.15) is 34.5 Å². The Bertz CT molecular complexity index is 839. The summed E-state index contributed by atoms with van der Waals surface area (Å²) in [6.07, 6.45) is 1.30. The van der Waals surface area contributed by atoms with Crippen LogP contribution in [0.2, 0.25) is 0 Å². The lowest BCUT2D eigenvalue weighted by atomic mass is 10.1. The Morgan fingerprint density at radius 1 is 1.15 bits per heavy atom. The Balaban J connectivity index is 1.46. The summed E-state index contributed by atoms with van der Waals surface area (Å²) < 4.78 is 1.89. The zero-order valence-corrected chi connectivity index (χ0v) is 16.4. The molecule has 0 saturated carbocycles. The maximum atomic E-state index is 12.6. The molecular weight excluding hydrogens is 338 g/mol. The molecule has 2 heterocycles. The molecule has 1 aliphatic heterocycles. The van der Waals surface area contributed by atoms with Gasteiger partial charge in [-0.2, -0.15) is 10.4 Å². The monoisotopic (exact) mass is 365 g/mol. The van der Waals surface area contributed by atoms with Gasteiger partial charge in [-0.05, 0) is 43.5 Å². The molecule has 0 N–H and O–H groups in total. The minimum absolute atomic E-state index is 0.232. The van der Waals surface area contributed by atoms with Crippen LogP contribution in [-0.4, -0.2) is 51.7 Å². The van der Waals surface area contributed by atoms with Gasteiger partial charge < -0.3 is 4.90 Å². The summed E-state index contributed by atoms with van der Waals surface area (Å²) in [5.74, 6) is 0.232. The number of amides is 1. The van der Waals surface area contributed by atoms with Crippen LogP contribution in [0.15, 0.2) is 24.3 Å². The molecule has 1 amide bonds. The number of rotatable bonds is 5. The Labute approximate surface area is 161 Å². The van der Waals surface area contributed by atoms with E-state index in [0.717, 1.165) is 50.5 Å². The van der Waals surface area contributed by atoms with E-state index in [4.69, 9.17) is 5.26 Å². The normalized spacial score (nSPS) is 15.0. The molecule has 1 aromatic carbocycles. The highest BCUT2D eigenvalue weighted by molar-refractivity contribution is 5.76. The number of carbonyl (C=O) groups excluding carboxylic acids is 1. The van der Waals surface area contributed by atoms with Crippen molar-refractivity contribution >= 4 is 5.91 Å². The van der Waals surface area contributed by atoms with E-state index < -0.39 is 0 Å². The van der Waals surface area contributed by atoms with E-state index in [9.17, 15) is 4.79 Å². The van der Waals surface area contributed by atoms with Gasteiger partial charge >= 0.3 is 0 Å². The van der Waals surface area contributed by atoms with Gasteiger partial charge in [-0.3, -0.25) is 14.4 Å². The first kappa shape index (κ1) is 19.1. The highest BCUT2D eigenvalue weighted by Gasteiger charge is 2.21. The Kier molecular flexibility index (Phi) is 5.92. The molecule has 3 rings (SSSR count). The van der Waals surface area contributed by atoms with Crippen LogP contribution in [0.3, 0.4) is 0 Å². The molecule has 0 spiro atoms. The van der Waals surface area contributed by atoms with Crippen molar-refractivity contribution in [2.45, 2.75) is 33.2 Å². The van der Waals surface area contributed by atoms with Crippen LogP contribution in [0, 0.1) is 25.2 Å². The molecule has 0 bridgehead atoms. The van der Waals surface area contributed by atoms with Gasteiger partial charge in [0.05, 0.1) is 17.3 Å². The topological polar surface area (TPSA) is 65.2 Å². The minimum atomic E-state index is 0.232. The molecule has 0 unspecified atom stereocenters. The third kappa shape index (κ3) is 4.55. The van der Waals surface area contributed by atoms with Gasteiger partial charge in [-0.1, -0.05) is 12.1 Å². The summed E-state index contributed by atoms with van der Waals surface area (Å²) >= 11 is 0. The second-order valence-corrected chi connectivity index (χ2v) is 7.24. The van der Waals surface area contributed by atoms with Gasteiger partial charge in [-0.15, -0.1) is 0 Å². The third-order valence-electron chi connectivity index (χ3n) is 5.46. The largest absolute Gasteiger partial charge is 0.340 e. The second kappa shape index (κ2) is 8.36. The Hall–Kier alpha value is -2.65. The van der Waals surface area contributed by atoms with Crippen molar-refractivity contribution in [3.63, 3.8) is 0 Å². The predicted octanol–water partition coefficient (Wildman–Crippen LogP) is 2.19. The number of benzene rings is 1. The van der Waals surface area contributed by atoms with E-state index in [0.29, 0.717) is 12.0 Å². The third-order valence-corrected chi connectivity index (χ3v) is 5.46. The lowest BCUT2D eigenvalue weighted by Crippen LogP contribution is -2.48.